The van der Waals surface area contributed by atoms with Crippen molar-refractivity contribution in [3.63, 3.8) is 0 Å². The van der Waals surface area contributed by atoms with Gasteiger partial charge >= 0.3 is 0 Å². The topological polar surface area (TPSA) is 75.3 Å². The van der Waals surface area contributed by atoms with E-state index in [1.165, 1.54) is 5.56 Å². The van der Waals surface area contributed by atoms with Gasteiger partial charge < -0.3 is 14.6 Å². The molecule has 0 bridgehead atoms. The average molecular weight is 377 g/mol. The molecule has 0 spiro atoms. The number of nitrogens with zero attached hydrogens (tertiary/aromatic N) is 2. The highest BCUT2D eigenvalue weighted by atomic mass is 16.5. The Labute approximate surface area is 163 Å². The first kappa shape index (κ1) is 18.2. The number of carbonyl (C=O) groups excluding carboxylic acids is 1. The van der Waals surface area contributed by atoms with Gasteiger partial charge in [0.25, 0.3) is 5.56 Å². The summed E-state index contributed by atoms with van der Waals surface area (Å²) in [6.07, 6.45) is 1.58. The van der Waals surface area contributed by atoms with Crippen molar-refractivity contribution < 1.29 is 9.53 Å². The van der Waals surface area contributed by atoms with Gasteiger partial charge in [-0.2, -0.15) is 0 Å². The Morgan fingerprint density at radius 2 is 2.07 bits per heavy atom. The van der Waals surface area contributed by atoms with E-state index in [9.17, 15) is 9.59 Å². The number of carbonyl (C=O) groups is 1. The lowest BCUT2D eigenvalue weighted by Gasteiger charge is -2.29. The van der Waals surface area contributed by atoms with E-state index < -0.39 is 0 Å². The maximum absolute atomic E-state index is 12.7. The minimum Gasteiger partial charge on any atom is -0.494 e. The molecular weight excluding hydrogens is 354 g/mol. The molecule has 1 aliphatic heterocycles. The number of H-pyrrole nitrogens is 1. The van der Waals surface area contributed by atoms with E-state index in [-0.39, 0.29) is 11.5 Å². The summed E-state index contributed by atoms with van der Waals surface area (Å²) in [6.45, 7) is 3.89. The van der Waals surface area contributed by atoms with E-state index in [1.807, 2.05) is 42.2 Å². The third kappa shape index (κ3) is 3.76. The van der Waals surface area contributed by atoms with Crippen LogP contribution in [0.1, 0.15) is 30.3 Å². The zero-order valence-corrected chi connectivity index (χ0v) is 15.9. The fraction of sp³-hybridized carbons (Fsp3) is 0.318. The number of nitrogens with one attached hydrogen (secondary N) is 1. The molecule has 2 heterocycles. The van der Waals surface area contributed by atoms with Gasteiger partial charge in [0.15, 0.2) is 0 Å². The highest BCUT2D eigenvalue weighted by molar-refractivity contribution is 5.78. The largest absolute Gasteiger partial charge is 0.494 e. The molecule has 4 rings (SSSR count). The molecule has 0 radical (unpaired) electrons. The summed E-state index contributed by atoms with van der Waals surface area (Å²) in [5.74, 6) is 1.46. The fourth-order valence-corrected chi connectivity index (χ4v) is 3.64. The number of aromatic amines is 1. The van der Waals surface area contributed by atoms with E-state index in [0.29, 0.717) is 49.3 Å². The molecule has 6 nitrogen and oxygen atoms in total. The second kappa shape index (κ2) is 7.84. The van der Waals surface area contributed by atoms with Gasteiger partial charge in [-0.25, -0.2) is 4.98 Å². The Hall–Kier alpha value is -3.15. The predicted molar refractivity (Wildman–Crippen MR) is 107 cm³/mol. The van der Waals surface area contributed by atoms with Crippen LogP contribution in [0.3, 0.4) is 0 Å². The van der Waals surface area contributed by atoms with Crippen LogP contribution in [0.25, 0.3) is 10.9 Å². The van der Waals surface area contributed by atoms with Crippen LogP contribution in [0, 0.1) is 0 Å². The number of rotatable bonds is 5. The van der Waals surface area contributed by atoms with E-state index >= 15 is 0 Å². The number of aryl methyl sites for hydroxylation is 1. The smallest absolute Gasteiger partial charge is 0.258 e. The van der Waals surface area contributed by atoms with Gasteiger partial charge in [-0.1, -0.05) is 18.2 Å². The average Bonchev–Trinajstić information content (AvgIpc) is 2.72. The van der Waals surface area contributed by atoms with E-state index in [0.717, 1.165) is 17.7 Å². The molecule has 2 aromatic carbocycles. The molecule has 0 aliphatic carbocycles. The first-order chi connectivity index (χ1) is 13.6. The molecule has 28 heavy (non-hydrogen) atoms. The highest BCUT2D eigenvalue weighted by Gasteiger charge is 2.21. The number of hydrogen-bond acceptors (Lipinski definition) is 4. The Kier molecular flexibility index (Phi) is 5.10. The van der Waals surface area contributed by atoms with Crippen molar-refractivity contribution >= 4 is 16.8 Å². The van der Waals surface area contributed by atoms with Crippen LogP contribution in [-0.2, 0) is 24.2 Å². The Morgan fingerprint density at radius 1 is 1.21 bits per heavy atom. The fourth-order valence-electron chi connectivity index (χ4n) is 3.64. The first-order valence-electron chi connectivity index (χ1n) is 9.64. The van der Waals surface area contributed by atoms with Gasteiger partial charge in [0.05, 0.1) is 17.5 Å². The number of para-hydroxylation sites is 1. The van der Waals surface area contributed by atoms with Crippen molar-refractivity contribution in [3.05, 3.63) is 69.8 Å². The van der Waals surface area contributed by atoms with E-state index in [2.05, 4.69) is 16.0 Å². The maximum atomic E-state index is 12.7. The molecule has 0 fully saturated rings. The van der Waals surface area contributed by atoms with Crippen molar-refractivity contribution in [2.75, 3.05) is 13.2 Å². The quantitative estimate of drug-likeness (QED) is 0.742. The standard InChI is InChI=1S/C22H23N3O3/c1-2-28-17-8-7-15-11-12-25(14-16(15)13-17)21(26)10-9-20-23-19-6-4-3-5-18(19)22(27)24-20/h3-8,13H,2,9-12,14H2,1H3,(H,23,24,27). The highest BCUT2D eigenvalue weighted by Crippen LogP contribution is 2.24. The number of hydrogen-bond donors (Lipinski definition) is 1. The van der Waals surface area contributed by atoms with Crippen LogP contribution < -0.4 is 10.3 Å². The molecule has 6 heteroatoms. The minimum absolute atomic E-state index is 0.0725. The zero-order chi connectivity index (χ0) is 19.5. The summed E-state index contributed by atoms with van der Waals surface area (Å²) in [4.78, 5) is 34.0. The van der Waals surface area contributed by atoms with Crippen molar-refractivity contribution in [1.82, 2.24) is 14.9 Å². The van der Waals surface area contributed by atoms with Crippen LogP contribution in [-0.4, -0.2) is 33.9 Å². The molecular formula is C22H23N3O3. The van der Waals surface area contributed by atoms with Crippen molar-refractivity contribution in [1.29, 1.82) is 0 Å². The van der Waals surface area contributed by atoms with Crippen molar-refractivity contribution in [2.24, 2.45) is 0 Å². The molecule has 144 valence electrons. The van der Waals surface area contributed by atoms with Gasteiger partial charge in [-0.3, -0.25) is 9.59 Å². The van der Waals surface area contributed by atoms with Crippen LogP contribution in [0.15, 0.2) is 47.3 Å². The molecule has 0 unspecified atom stereocenters. The summed E-state index contributed by atoms with van der Waals surface area (Å²) >= 11 is 0. The summed E-state index contributed by atoms with van der Waals surface area (Å²) < 4.78 is 5.57. The van der Waals surface area contributed by atoms with Crippen molar-refractivity contribution in [2.45, 2.75) is 32.7 Å². The van der Waals surface area contributed by atoms with Gasteiger partial charge in [0.2, 0.25) is 5.91 Å². The number of ether oxygens (including phenoxy) is 1. The summed E-state index contributed by atoms with van der Waals surface area (Å²) in [5.41, 5.74) is 2.91. The molecule has 1 aliphatic rings. The molecule has 1 amide bonds. The van der Waals surface area contributed by atoms with Gasteiger partial charge in [0.1, 0.15) is 11.6 Å². The lowest BCUT2D eigenvalue weighted by molar-refractivity contribution is -0.132. The molecule has 0 saturated heterocycles. The first-order valence-corrected chi connectivity index (χ1v) is 9.64. The van der Waals surface area contributed by atoms with Crippen LogP contribution in [0.4, 0.5) is 0 Å². The molecule has 3 aromatic rings. The lowest BCUT2D eigenvalue weighted by Crippen LogP contribution is -2.36. The van der Waals surface area contributed by atoms with Gasteiger partial charge in [-0.15, -0.1) is 0 Å². The van der Waals surface area contributed by atoms with Crippen LogP contribution in [0.5, 0.6) is 5.75 Å². The van der Waals surface area contributed by atoms with Gasteiger partial charge in [-0.05, 0) is 48.7 Å². The van der Waals surface area contributed by atoms with Crippen molar-refractivity contribution in [3.8, 4) is 5.75 Å². The van der Waals surface area contributed by atoms with Gasteiger partial charge in [0, 0.05) is 25.9 Å². The SMILES string of the molecule is CCOc1ccc2c(c1)CN(C(=O)CCc1nc3ccccc3c(=O)[nH]1)CC2. The Bertz CT molecular complexity index is 1070. The van der Waals surface area contributed by atoms with Crippen LogP contribution in [0.2, 0.25) is 0 Å². The summed E-state index contributed by atoms with van der Waals surface area (Å²) in [7, 11) is 0. The number of amides is 1. The third-order valence-corrected chi connectivity index (χ3v) is 5.09. The normalized spacial score (nSPS) is 13.4. The maximum Gasteiger partial charge on any atom is 0.258 e. The van der Waals surface area contributed by atoms with Crippen LogP contribution >= 0.6 is 0 Å². The van der Waals surface area contributed by atoms with E-state index in [1.54, 1.807) is 6.07 Å². The molecule has 1 aromatic heterocycles. The lowest BCUT2D eigenvalue weighted by atomic mass is 9.99. The van der Waals surface area contributed by atoms with E-state index in [4.69, 9.17) is 4.74 Å². The molecule has 0 saturated carbocycles. The molecule has 0 atom stereocenters. The predicted octanol–water partition coefficient (Wildman–Crippen LogP) is 2.84. The zero-order valence-electron chi connectivity index (χ0n) is 15.9. The minimum atomic E-state index is -0.164. The monoisotopic (exact) mass is 377 g/mol. The summed E-state index contributed by atoms with van der Waals surface area (Å²) in [6, 6.07) is 13.3. The second-order valence-electron chi connectivity index (χ2n) is 6.96. The third-order valence-electron chi connectivity index (χ3n) is 5.09. The number of fused-ring (bicyclic) bond motifs is 2. The Balaban J connectivity index is 1.43. The number of benzene rings is 2. The Morgan fingerprint density at radius 3 is 2.93 bits per heavy atom. The number of aromatic nitrogens is 2. The second-order valence-corrected chi connectivity index (χ2v) is 6.96. The molecule has 1 N–H and O–H groups in total. The summed E-state index contributed by atoms with van der Waals surface area (Å²) in [5, 5.41) is 0.565.